The van der Waals surface area contributed by atoms with Crippen molar-refractivity contribution >= 4 is 21.8 Å². The third-order valence-corrected chi connectivity index (χ3v) is 5.34. The molecular formula is C19H25BrN4O2. The smallest absolute Gasteiger partial charge is 0.240 e. The first-order valence-corrected chi connectivity index (χ1v) is 9.69. The Hall–Kier alpha value is -1.70. The van der Waals surface area contributed by atoms with Crippen LogP contribution in [0.15, 0.2) is 34.9 Å². The monoisotopic (exact) mass is 420 g/mol. The molecule has 1 aromatic heterocycles. The summed E-state index contributed by atoms with van der Waals surface area (Å²) in [7, 11) is 1.63. The Bertz CT molecular complexity index is 746. The Morgan fingerprint density at radius 2 is 2.12 bits per heavy atom. The van der Waals surface area contributed by atoms with Gasteiger partial charge in [0.15, 0.2) is 0 Å². The molecule has 0 bridgehead atoms. The second kappa shape index (κ2) is 8.33. The van der Waals surface area contributed by atoms with E-state index < -0.39 is 0 Å². The van der Waals surface area contributed by atoms with E-state index in [0.717, 1.165) is 40.9 Å². The van der Waals surface area contributed by atoms with Crippen LogP contribution in [0.25, 0.3) is 11.3 Å². The zero-order chi connectivity index (χ0) is 18.7. The summed E-state index contributed by atoms with van der Waals surface area (Å²) < 4.78 is 6.24. The van der Waals surface area contributed by atoms with Crippen LogP contribution in [0.1, 0.15) is 38.6 Å². The number of aromatic amines is 1. The van der Waals surface area contributed by atoms with Gasteiger partial charge in [0, 0.05) is 18.1 Å². The molecule has 1 fully saturated rings. The van der Waals surface area contributed by atoms with Gasteiger partial charge in [-0.05, 0) is 44.4 Å². The molecule has 6 nitrogen and oxygen atoms in total. The zero-order valence-corrected chi connectivity index (χ0v) is 16.9. The maximum absolute atomic E-state index is 12.9. The fourth-order valence-electron chi connectivity index (χ4n) is 3.34. The van der Waals surface area contributed by atoms with Crippen LogP contribution in [-0.4, -0.2) is 46.7 Å². The average Bonchev–Trinajstić information content (AvgIpc) is 3.30. The molecule has 26 heavy (non-hydrogen) atoms. The molecule has 0 aliphatic carbocycles. The van der Waals surface area contributed by atoms with Crippen molar-refractivity contribution in [1.29, 1.82) is 0 Å². The molecule has 0 spiro atoms. The number of carbonyl (C=O) groups excluding carboxylic acids is 1. The van der Waals surface area contributed by atoms with E-state index in [0.29, 0.717) is 0 Å². The van der Waals surface area contributed by atoms with Gasteiger partial charge in [0.1, 0.15) is 12.1 Å². The van der Waals surface area contributed by atoms with Gasteiger partial charge < -0.3 is 14.6 Å². The topological polar surface area (TPSA) is 70.2 Å². The first-order valence-electron chi connectivity index (χ1n) is 8.89. The number of methoxy groups -OCH3 is 1. The first-order chi connectivity index (χ1) is 12.5. The summed E-state index contributed by atoms with van der Waals surface area (Å²) in [6.07, 6.45) is 3.58. The molecule has 2 heterocycles. The van der Waals surface area contributed by atoms with Crippen LogP contribution < -0.4 is 5.32 Å². The molecule has 1 aromatic carbocycles. The van der Waals surface area contributed by atoms with Crippen LogP contribution in [0.3, 0.4) is 0 Å². The molecule has 1 aliphatic rings. The maximum atomic E-state index is 12.9. The number of halogens is 1. The lowest BCUT2D eigenvalue weighted by Gasteiger charge is -2.28. The van der Waals surface area contributed by atoms with Gasteiger partial charge in [-0.3, -0.25) is 10.1 Å². The van der Waals surface area contributed by atoms with Crippen molar-refractivity contribution in [2.75, 3.05) is 13.7 Å². The third-order valence-electron chi connectivity index (χ3n) is 4.81. The molecule has 7 heteroatoms. The predicted octanol–water partition coefficient (Wildman–Crippen LogP) is 3.47. The second-order valence-corrected chi connectivity index (χ2v) is 7.56. The average molecular weight is 421 g/mol. The zero-order valence-electron chi connectivity index (χ0n) is 15.3. The highest BCUT2D eigenvalue weighted by Crippen LogP contribution is 2.32. The highest BCUT2D eigenvalue weighted by Gasteiger charge is 2.34. The second-order valence-electron chi connectivity index (χ2n) is 6.64. The number of nitrogens with zero attached hydrogens (tertiary/aromatic N) is 2. The van der Waals surface area contributed by atoms with E-state index in [4.69, 9.17) is 4.74 Å². The SMILES string of the molecule is COC(C)N[C@@H](C)C(=O)N1CCC[C@H]1c1ncc(-c2ccc(Br)cc2)[nH]1. The first kappa shape index (κ1) is 19.1. The Labute approximate surface area is 162 Å². The number of amides is 1. The van der Waals surface area contributed by atoms with Crippen LogP contribution in [0.4, 0.5) is 0 Å². The van der Waals surface area contributed by atoms with Crippen molar-refractivity contribution in [3.63, 3.8) is 0 Å². The van der Waals surface area contributed by atoms with E-state index in [1.807, 2.05) is 49.2 Å². The standard InChI is InChI=1S/C19H25BrN4O2/c1-12(22-13(2)26-3)19(25)24-10-4-5-17(24)18-21-11-16(23-18)14-6-8-15(20)9-7-14/h6-9,11-13,17,22H,4-5,10H2,1-3H3,(H,21,23)/t12-,13?,17-/m0/s1. The Kier molecular flexibility index (Phi) is 6.11. The summed E-state index contributed by atoms with van der Waals surface area (Å²) in [5.74, 6) is 0.929. The molecule has 2 N–H and O–H groups in total. The number of hydrogen-bond acceptors (Lipinski definition) is 4. The van der Waals surface area contributed by atoms with Gasteiger partial charge in [0.2, 0.25) is 5.91 Å². The molecule has 0 saturated carbocycles. The molecule has 3 rings (SSSR count). The number of nitrogens with one attached hydrogen (secondary N) is 2. The van der Waals surface area contributed by atoms with Crippen molar-refractivity contribution in [1.82, 2.24) is 20.2 Å². The number of rotatable bonds is 6. The van der Waals surface area contributed by atoms with E-state index in [2.05, 4.69) is 31.2 Å². The predicted molar refractivity (Wildman–Crippen MR) is 104 cm³/mol. The fourth-order valence-corrected chi connectivity index (χ4v) is 3.60. The summed E-state index contributed by atoms with van der Waals surface area (Å²) in [5.41, 5.74) is 2.04. The van der Waals surface area contributed by atoms with Crippen molar-refractivity contribution < 1.29 is 9.53 Å². The van der Waals surface area contributed by atoms with Gasteiger partial charge in [-0.25, -0.2) is 4.98 Å². The molecular weight excluding hydrogens is 396 g/mol. The van der Waals surface area contributed by atoms with Crippen LogP contribution in [0.2, 0.25) is 0 Å². The molecule has 1 amide bonds. The van der Waals surface area contributed by atoms with Gasteiger partial charge in [-0.15, -0.1) is 0 Å². The highest BCUT2D eigenvalue weighted by molar-refractivity contribution is 9.10. The fraction of sp³-hybridized carbons (Fsp3) is 0.474. The van der Waals surface area contributed by atoms with Crippen LogP contribution in [-0.2, 0) is 9.53 Å². The van der Waals surface area contributed by atoms with E-state index >= 15 is 0 Å². The molecule has 2 aromatic rings. The quantitative estimate of drug-likeness (QED) is 0.701. The summed E-state index contributed by atoms with van der Waals surface area (Å²) in [6.45, 7) is 4.52. The minimum atomic E-state index is -0.300. The number of hydrogen-bond donors (Lipinski definition) is 2. The molecule has 1 aliphatic heterocycles. The number of benzene rings is 1. The summed E-state index contributed by atoms with van der Waals surface area (Å²) in [4.78, 5) is 22.7. The number of carbonyl (C=O) groups is 1. The van der Waals surface area contributed by atoms with Gasteiger partial charge in [-0.2, -0.15) is 0 Å². The third kappa shape index (κ3) is 4.16. The van der Waals surface area contributed by atoms with Crippen molar-refractivity contribution in [2.45, 2.75) is 45.0 Å². The summed E-state index contributed by atoms with van der Waals surface area (Å²) in [6, 6.07) is 7.78. The highest BCUT2D eigenvalue weighted by atomic mass is 79.9. The van der Waals surface area contributed by atoms with E-state index in [9.17, 15) is 4.79 Å². The van der Waals surface area contributed by atoms with Crippen molar-refractivity contribution in [2.24, 2.45) is 0 Å². The van der Waals surface area contributed by atoms with E-state index in [-0.39, 0.29) is 24.2 Å². The molecule has 0 radical (unpaired) electrons. The van der Waals surface area contributed by atoms with Crippen LogP contribution in [0.5, 0.6) is 0 Å². The minimum absolute atomic E-state index is 0.00574. The maximum Gasteiger partial charge on any atom is 0.240 e. The number of aromatic nitrogens is 2. The normalized spacial score (nSPS) is 19.5. The van der Waals surface area contributed by atoms with Gasteiger partial charge in [0.25, 0.3) is 0 Å². The lowest BCUT2D eigenvalue weighted by molar-refractivity contribution is -0.135. The minimum Gasteiger partial charge on any atom is -0.367 e. The van der Waals surface area contributed by atoms with Gasteiger partial charge >= 0.3 is 0 Å². The van der Waals surface area contributed by atoms with Crippen molar-refractivity contribution in [3.8, 4) is 11.3 Å². The molecule has 1 saturated heterocycles. The Balaban J connectivity index is 1.74. The molecule has 140 valence electrons. The number of imidazole rings is 1. The molecule has 1 unspecified atom stereocenters. The number of ether oxygens (including phenoxy) is 1. The lowest BCUT2D eigenvalue weighted by Crippen LogP contribution is -2.48. The van der Waals surface area contributed by atoms with Crippen molar-refractivity contribution in [3.05, 3.63) is 40.8 Å². The summed E-state index contributed by atoms with van der Waals surface area (Å²) in [5, 5.41) is 3.17. The van der Waals surface area contributed by atoms with Crippen LogP contribution >= 0.6 is 15.9 Å². The van der Waals surface area contributed by atoms with Gasteiger partial charge in [0.05, 0.1) is 24.0 Å². The lowest BCUT2D eigenvalue weighted by atomic mass is 10.1. The van der Waals surface area contributed by atoms with E-state index in [1.54, 1.807) is 7.11 Å². The summed E-state index contributed by atoms with van der Waals surface area (Å²) >= 11 is 3.45. The van der Waals surface area contributed by atoms with Gasteiger partial charge in [-0.1, -0.05) is 28.1 Å². The number of H-pyrrole nitrogens is 1. The molecule has 3 atom stereocenters. The van der Waals surface area contributed by atoms with E-state index in [1.165, 1.54) is 0 Å². The largest absolute Gasteiger partial charge is 0.367 e. The Morgan fingerprint density at radius 1 is 1.38 bits per heavy atom. The van der Waals surface area contributed by atoms with Crippen LogP contribution in [0, 0.1) is 0 Å². The Morgan fingerprint density at radius 3 is 2.81 bits per heavy atom. The number of likely N-dealkylation sites (tertiary alicyclic amines) is 1.